The normalized spacial score (nSPS) is 29.1. The van der Waals surface area contributed by atoms with Gasteiger partial charge in [-0.3, -0.25) is 19.1 Å². The minimum atomic E-state index is -0.275. The summed E-state index contributed by atoms with van der Waals surface area (Å²) in [5.41, 5.74) is 2.51. The van der Waals surface area contributed by atoms with Gasteiger partial charge in [-0.2, -0.15) is 5.10 Å². The molecule has 0 aliphatic heterocycles. The number of carbonyl (C=O) groups excluding carboxylic acids is 3. The van der Waals surface area contributed by atoms with Gasteiger partial charge in [-0.15, -0.1) is 0 Å². The van der Waals surface area contributed by atoms with Crippen LogP contribution in [-0.2, 0) is 4.79 Å². The molecule has 3 fully saturated rings. The van der Waals surface area contributed by atoms with Crippen LogP contribution in [0.1, 0.15) is 104 Å². The largest absolute Gasteiger partial charge is 0.328 e. The molecule has 3 saturated carbocycles. The van der Waals surface area contributed by atoms with E-state index in [1.165, 1.54) is 0 Å². The maximum atomic E-state index is 14.1. The first kappa shape index (κ1) is 28.4. The summed E-state index contributed by atoms with van der Waals surface area (Å²) in [6, 6.07) is 3.60. The first-order valence-corrected chi connectivity index (χ1v) is 14.8. The van der Waals surface area contributed by atoms with Crippen LogP contribution in [0.4, 0.5) is 0 Å². The molecule has 0 bridgehead atoms. The van der Waals surface area contributed by atoms with Crippen LogP contribution in [0.2, 0.25) is 10.0 Å². The van der Waals surface area contributed by atoms with Crippen molar-refractivity contribution in [2.45, 2.75) is 92.2 Å². The lowest BCUT2D eigenvalue weighted by atomic mass is 9.71. The van der Waals surface area contributed by atoms with E-state index in [2.05, 4.69) is 18.9 Å². The Labute approximate surface area is 241 Å². The van der Waals surface area contributed by atoms with E-state index in [1.54, 1.807) is 30.2 Å². The highest BCUT2D eigenvalue weighted by molar-refractivity contribution is 6.40. The van der Waals surface area contributed by atoms with Gasteiger partial charge in [0, 0.05) is 17.2 Å². The molecular weight excluding hydrogens is 533 g/mol. The number of nitrogens with zero attached hydrogens (tertiary/aromatic N) is 3. The van der Waals surface area contributed by atoms with E-state index in [0.717, 1.165) is 49.8 Å². The Bertz CT molecular complexity index is 1300. The Hall–Kier alpha value is -2.18. The van der Waals surface area contributed by atoms with Gasteiger partial charge in [0.05, 0.1) is 40.0 Å². The van der Waals surface area contributed by atoms with Crippen molar-refractivity contribution in [3.05, 3.63) is 50.8 Å². The van der Waals surface area contributed by atoms with Crippen LogP contribution < -0.4 is 0 Å². The van der Waals surface area contributed by atoms with E-state index >= 15 is 0 Å². The highest BCUT2D eigenvalue weighted by atomic mass is 35.5. The third-order valence-electron chi connectivity index (χ3n) is 10.4. The molecule has 1 unspecified atom stereocenters. The molecule has 3 aliphatic rings. The average Bonchev–Trinajstić information content (AvgIpc) is 3.23. The summed E-state index contributed by atoms with van der Waals surface area (Å²) < 4.78 is 1.95. The fraction of sp³-hybridized carbons (Fsp3) is 0.613. The quantitative estimate of drug-likeness (QED) is 0.327. The monoisotopic (exact) mass is 571 g/mol. The SMILES string of the molecule is CC(=O)C1(C)CCC(n2ncc(C(=O)N(CC(=O)c3c(Cl)cc(C)cc3Cl)C3C[C@@H]4[C@H](C3)C4(C)C)c2C)CC1. The second-order valence-corrected chi connectivity index (χ2v) is 13.9. The van der Waals surface area contributed by atoms with Crippen LogP contribution in [0.15, 0.2) is 18.3 Å². The number of fused-ring (bicyclic) bond motifs is 1. The maximum absolute atomic E-state index is 14.1. The molecule has 39 heavy (non-hydrogen) atoms. The number of rotatable bonds is 7. The highest BCUT2D eigenvalue weighted by Crippen LogP contribution is 2.67. The second-order valence-electron chi connectivity index (χ2n) is 13.1. The molecule has 3 atom stereocenters. The highest BCUT2D eigenvalue weighted by Gasteiger charge is 2.63. The Kier molecular flexibility index (Phi) is 7.29. The number of aryl methyl sites for hydroxylation is 1. The number of benzene rings is 1. The molecule has 1 aromatic carbocycles. The number of Topliss-reactive ketones (excluding diaryl/α,β-unsaturated/α-hetero) is 2. The molecule has 3 aliphatic carbocycles. The van der Waals surface area contributed by atoms with E-state index in [0.29, 0.717) is 32.9 Å². The van der Waals surface area contributed by atoms with Gasteiger partial charge in [0.25, 0.3) is 5.91 Å². The van der Waals surface area contributed by atoms with Gasteiger partial charge in [-0.25, -0.2) is 0 Å². The fourth-order valence-electron chi connectivity index (χ4n) is 7.29. The molecule has 210 valence electrons. The average molecular weight is 573 g/mol. The van der Waals surface area contributed by atoms with Crippen molar-refractivity contribution in [1.29, 1.82) is 0 Å². The van der Waals surface area contributed by atoms with Crippen LogP contribution in [0.25, 0.3) is 0 Å². The molecule has 1 amide bonds. The summed E-state index contributed by atoms with van der Waals surface area (Å²) in [6.45, 7) is 12.0. The van der Waals surface area contributed by atoms with Crippen molar-refractivity contribution < 1.29 is 14.4 Å². The number of halogens is 2. The molecule has 0 saturated heterocycles. The molecule has 5 rings (SSSR count). The number of amides is 1. The van der Waals surface area contributed by atoms with Gasteiger partial charge in [0.2, 0.25) is 0 Å². The lowest BCUT2D eigenvalue weighted by Gasteiger charge is -2.36. The molecule has 0 spiro atoms. The number of ketones is 2. The first-order valence-electron chi connectivity index (χ1n) is 14.1. The molecular formula is C31H39Cl2N3O3. The molecule has 6 nitrogen and oxygen atoms in total. The van der Waals surface area contributed by atoms with Crippen molar-refractivity contribution >= 4 is 40.7 Å². The third-order valence-corrected chi connectivity index (χ3v) is 10.9. The third kappa shape index (κ3) is 4.97. The summed E-state index contributed by atoms with van der Waals surface area (Å²) in [7, 11) is 0. The van der Waals surface area contributed by atoms with Crippen LogP contribution >= 0.6 is 23.2 Å². The van der Waals surface area contributed by atoms with Gasteiger partial charge in [0.15, 0.2) is 5.78 Å². The topological polar surface area (TPSA) is 72.3 Å². The Morgan fingerprint density at radius 1 is 1.03 bits per heavy atom. The minimum Gasteiger partial charge on any atom is -0.328 e. The molecule has 0 radical (unpaired) electrons. The Morgan fingerprint density at radius 2 is 1.59 bits per heavy atom. The zero-order valence-corrected chi connectivity index (χ0v) is 25.3. The molecule has 0 N–H and O–H groups in total. The zero-order chi connectivity index (χ0) is 28.4. The van der Waals surface area contributed by atoms with E-state index in [-0.39, 0.29) is 47.1 Å². The molecule has 8 heteroatoms. The van der Waals surface area contributed by atoms with E-state index < -0.39 is 0 Å². The van der Waals surface area contributed by atoms with Gasteiger partial charge in [0.1, 0.15) is 5.78 Å². The lowest BCUT2D eigenvalue weighted by molar-refractivity contribution is -0.127. The number of carbonyl (C=O) groups is 3. The van der Waals surface area contributed by atoms with Gasteiger partial charge >= 0.3 is 0 Å². The standard InChI is InChI=1S/C31H39Cl2N3O3/c1-17-11-25(32)28(26(33)12-17)27(38)16-35(21-13-23-24(14-21)30(23,4)5)29(39)22-15-34-36(18(22)2)20-7-9-31(6,10-8-20)19(3)37/h11-12,15,20-21,23-24H,7-10,13-14,16H2,1-6H3/t20?,21?,23-,24+,31?. The number of aromatic nitrogens is 2. The zero-order valence-electron chi connectivity index (χ0n) is 23.8. The van der Waals surface area contributed by atoms with Crippen molar-refractivity contribution in [1.82, 2.24) is 14.7 Å². The van der Waals surface area contributed by atoms with Gasteiger partial charge in [-0.05, 0) is 94.2 Å². The van der Waals surface area contributed by atoms with Crippen molar-refractivity contribution in [3.8, 4) is 0 Å². The van der Waals surface area contributed by atoms with Crippen LogP contribution in [0.3, 0.4) is 0 Å². The lowest BCUT2D eigenvalue weighted by Crippen LogP contribution is -2.43. The van der Waals surface area contributed by atoms with Crippen LogP contribution in [0, 0.1) is 36.5 Å². The fourth-order valence-corrected chi connectivity index (χ4v) is 8.10. The first-order chi connectivity index (χ1) is 18.2. The second kappa shape index (κ2) is 10.0. The summed E-state index contributed by atoms with van der Waals surface area (Å²) in [5.74, 6) is 0.960. The van der Waals surface area contributed by atoms with Crippen LogP contribution in [-0.4, -0.2) is 44.7 Å². The predicted octanol–water partition coefficient (Wildman–Crippen LogP) is 7.28. The van der Waals surface area contributed by atoms with Crippen molar-refractivity contribution in [3.63, 3.8) is 0 Å². The predicted molar refractivity (Wildman–Crippen MR) is 154 cm³/mol. The summed E-state index contributed by atoms with van der Waals surface area (Å²) in [4.78, 5) is 41.6. The van der Waals surface area contributed by atoms with Gasteiger partial charge < -0.3 is 4.90 Å². The van der Waals surface area contributed by atoms with Crippen molar-refractivity contribution in [2.75, 3.05) is 6.54 Å². The maximum Gasteiger partial charge on any atom is 0.257 e. The summed E-state index contributed by atoms with van der Waals surface area (Å²) >= 11 is 12.9. The summed E-state index contributed by atoms with van der Waals surface area (Å²) in [6.07, 6.45) is 6.76. The number of hydrogen-bond acceptors (Lipinski definition) is 4. The van der Waals surface area contributed by atoms with Crippen molar-refractivity contribution in [2.24, 2.45) is 22.7 Å². The molecule has 1 heterocycles. The molecule has 1 aromatic heterocycles. The smallest absolute Gasteiger partial charge is 0.257 e. The summed E-state index contributed by atoms with van der Waals surface area (Å²) in [5, 5.41) is 5.26. The Morgan fingerprint density at radius 3 is 2.13 bits per heavy atom. The van der Waals surface area contributed by atoms with E-state index in [9.17, 15) is 14.4 Å². The number of hydrogen-bond donors (Lipinski definition) is 0. The molecule has 2 aromatic rings. The minimum absolute atomic E-state index is 0.0128. The van der Waals surface area contributed by atoms with Gasteiger partial charge in [-0.1, -0.05) is 44.0 Å². The van der Waals surface area contributed by atoms with E-state index in [1.807, 2.05) is 25.5 Å². The van der Waals surface area contributed by atoms with E-state index in [4.69, 9.17) is 23.2 Å². The Balaban J connectivity index is 1.40. The van der Waals surface area contributed by atoms with Crippen LogP contribution in [0.5, 0.6) is 0 Å².